The van der Waals surface area contributed by atoms with Gasteiger partial charge in [-0.25, -0.2) is 22.5 Å². The molecular formula is C26H28ClN3O7S2. The summed E-state index contributed by atoms with van der Waals surface area (Å²) in [7, 11) is -1.02. The van der Waals surface area contributed by atoms with E-state index >= 15 is 0 Å². The van der Waals surface area contributed by atoms with Gasteiger partial charge in [0.15, 0.2) is 5.13 Å². The molecule has 2 fully saturated rings. The molecule has 208 valence electrons. The Labute approximate surface area is 235 Å². The minimum absolute atomic E-state index is 0.0108. The van der Waals surface area contributed by atoms with Crippen molar-refractivity contribution in [2.24, 2.45) is 0 Å². The van der Waals surface area contributed by atoms with Gasteiger partial charge in [0.2, 0.25) is 0 Å². The Morgan fingerprint density at radius 3 is 2.46 bits per heavy atom. The summed E-state index contributed by atoms with van der Waals surface area (Å²) < 4.78 is 45.8. The summed E-state index contributed by atoms with van der Waals surface area (Å²) >= 11 is 7.73. The van der Waals surface area contributed by atoms with E-state index in [-0.39, 0.29) is 34.7 Å². The van der Waals surface area contributed by atoms with E-state index in [2.05, 4.69) is 4.98 Å². The molecule has 39 heavy (non-hydrogen) atoms. The standard InChI is InChI=1S/C26H28ClN3O7S2/c1-35-19-6-3-16(24(13-19)36-2)15-29(25-28-9-10-38-25)39(33,34)21-7-8-23(22(27)14-21)37-20-11-17-4-5-18(12-20)30(17)26(31)32/h3,6-10,13-14,17-18,20H,4-5,11-12,15H2,1-2H3,(H,31,32)/t17-,18+,20?. The van der Waals surface area contributed by atoms with Crippen LogP contribution in [0.5, 0.6) is 17.2 Å². The number of fused-ring (bicyclic) bond motifs is 2. The molecule has 3 aromatic rings. The molecule has 1 aromatic heterocycles. The van der Waals surface area contributed by atoms with E-state index in [1.54, 1.807) is 43.0 Å². The van der Waals surface area contributed by atoms with Crippen LogP contribution in [0.4, 0.5) is 9.93 Å². The lowest BCUT2D eigenvalue weighted by atomic mass is 10.0. The number of hydrogen-bond acceptors (Lipinski definition) is 8. The van der Waals surface area contributed by atoms with E-state index in [4.69, 9.17) is 25.8 Å². The summed E-state index contributed by atoms with van der Waals surface area (Å²) in [6.07, 6.45) is 3.21. The minimum atomic E-state index is -4.08. The number of aromatic nitrogens is 1. The second-order valence-electron chi connectivity index (χ2n) is 9.38. The number of methoxy groups -OCH3 is 2. The van der Waals surface area contributed by atoms with Gasteiger partial charge in [-0.2, -0.15) is 0 Å². The average molecular weight is 594 g/mol. The molecule has 5 rings (SSSR count). The first kappa shape index (κ1) is 27.4. The second kappa shape index (κ2) is 11.1. The highest BCUT2D eigenvalue weighted by molar-refractivity contribution is 7.93. The highest BCUT2D eigenvalue weighted by Gasteiger charge is 2.44. The van der Waals surface area contributed by atoms with Crippen molar-refractivity contribution in [3.05, 3.63) is 58.6 Å². The molecule has 1 unspecified atom stereocenters. The number of piperidine rings is 1. The number of sulfonamides is 1. The zero-order chi connectivity index (χ0) is 27.7. The summed E-state index contributed by atoms with van der Waals surface area (Å²) in [5, 5.41) is 11.7. The predicted molar refractivity (Wildman–Crippen MR) is 147 cm³/mol. The fraction of sp³-hybridized carbons (Fsp3) is 0.385. The molecule has 0 radical (unpaired) electrons. The first-order valence-electron chi connectivity index (χ1n) is 12.3. The van der Waals surface area contributed by atoms with Crippen LogP contribution >= 0.6 is 22.9 Å². The van der Waals surface area contributed by atoms with E-state index in [0.29, 0.717) is 40.8 Å². The number of anilines is 1. The number of ether oxygens (including phenoxy) is 3. The number of amides is 1. The van der Waals surface area contributed by atoms with Crippen LogP contribution in [-0.4, -0.2) is 61.9 Å². The normalized spacial score (nSPS) is 20.5. The maximum atomic E-state index is 13.9. The van der Waals surface area contributed by atoms with E-state index in [1.165, 1.54) is 39.8 Å². The lowest BCUT2D eigenvalue weighted by molar-refractivity contribution is 0.0496. The topological polar surface area (TPSA) is 118 Å². The zero-order valence-electron chi connectivity index (χ0n) is 21.3. The predicted octanol–water partition coefficient (Wildman–Crippen LogP) is 5.26. The van der Waals surface area contributed by atoms with Crippen molar-refractivity contribution < 1.29 is 32.5 Å². The monoisotopic (exact) mass is 593 g/mol. The van der Waals surface area contributed by atoms with Crippen LogP contribution in [0.1, 0.15) is 31.2 Å². The molecule has 0 saturated carbocycles. The molecule has 2 aliphatic rings. The highest BCUT2D eigenvalue weighted by atomic mass is 35.5. The van der Waals surface area contributed by atoms with E-state index in [0.717, 1.165) is 12.8 Å². The third-order valence-electron chi connectivity index (χ3n) is 7.14. The Balaban J connectivity index is 1.39. The van der Waals surface area contributed by atoms with Gasteiger partial charge in [-0.1, -0.05) is 11.6 Å². The van der Waals surface area contributed by atoms with Crippen molar-refractivity contribution in [1.82, 2.24) is 9.88 Å². The Morgan fingerprint density at radius 1 is 1.13 bits per heavy atom. The third kappa shape index (κ3) is 5.45. The zero-order valence-corrected chi connectivity index (χ0v) is 23.7. The van der Waals surface area contributed by atoms with Crippen LogP contribution < -0.4 is 18.5 Å². The highest BCUT2D eigenvalue weighted by Crippen LogP contribution is 2.39. The van der Waals surface area contributed by atoms with Gasteiger partial charge in [0, 0.05) is 48.1 Å². The molecular weight excluding hydrogens is 566 g/mol. The molecule has 1 amide bonds. The van der Waals surface area contributed by atoms with Crippen molar-refractivity contribution >= 4 is 44.2 Å². The molecule has 2 aromatic carbocycles. The van der Waals surface area contributed by atoms with Crippen LogP contribution in [0.3, 0.4) is 0 Å². The lowest BCUT2D eigenvalue weighted by Gasteiger charge is -2.37. The Morgan fingerprint density at radius 2 is 1.87 bits per heavy atom. The fourth-order valence-electron chi connectivity index (χ4n) is 5.31. The lowest BCUT2D eigenvalue weighted by Crippen LogP contribution is -2.48. The molecule has 13 heteroatoms. The van der Waals surface area contributed by atoms with Crippen molar-refractivity contribution in [1.29, 1.82) is 0 Å². The summed E-state index contributed by atoms with van der Waals surface area (Å²) in [5.41, 5.74) is 0.630. The van der Waals surface area contributed by atoms with E-state index in [9.17, 15) is 18.3 Å². The second-order valence-corrected chi connectivity index (χ2v) is 12.5. The molecule has 3 heterocycles. The average Bonchev–Trinajstić information content (AvgIpc) is 3.54. The van der Waals surface area contributed by atoms with Crippen LogP contribution in [-0.2, 0) is 16.6 Å². The first-order valence-corrected chi connectivity index (χ1v) is 15.0. The number of hydrogen-bond donors (Lipinski definition) is 1. The first-order chi connectivity index (χ1) is 18.7. The molecule has 0 aliphatic carbocycles. The van der Waals surface area contributed by atoms with Crippen LogP contribution in [0.15, 0.2) is 52.9 Å². The Bertz CT molecular complexity index is 1440. The molecule has 2 aliphatic heterocycles. The maximum absolute atomic E-state index is 13.9. The number of benzene rings is 2. The summed E-state index contributed by atoms with van der Waals surface area (Å²) in [5.74, 6) is 1.43. The number of rotatable bonds is 9. The SMILES string of the molecule is COc1ccc(CN(c2nccs2)S(=O)(=O)c2ccc(OC3C[C@H]4CC[C@@H](C3)N4C(=O)O)c(Cl)c2)c(OC)c1. The van der Waals surface area contributed by atoms with Crippen LogP contribution in [0, 0.1) is 0 Å². The van der Waals surface area contributed by atoms with Crippen molar-refractivity contribution in [2.75, 3.05) is 18.5 Å². The fourth-order valence-corrected chi connectivity index (χ4v) is 7.90. The van der Waals surface area contributed by atoms with E-state index < -0.39 is 16.1 Å². The van der Waals surface area contributed by atoms with Gasteiger partial charge < -0.3 is 24.2 Å². The Kier molecular flexibility index (Phi) is 7.79. The van der Waals surface area contributed by atoms with E-state index in [1.807, 2.05) is 0 Å². The molecule has 2 bridgehead atoms. The van der Waals surface area contributed by atoms with Crippen molar-refractivity contribution in [3.8, 4) is 17.2 Å². The maximum Gasteiger partial charge on any atom is 0.407 e. The molecule has 10 nitrogen and oxygen atoms in total. The van der Waals surface area contributed by atoms with Gasteiger partial charge in [-0.15, -0.1) is 11.3 Å². The molecule has 3 atom stereocenters. The summed E-state index contributed by atoms with van der Waals surface area (Å²) in [4.78, 5) is 17.3. The molecule has 0 spiro atoms. The smallest absolute Gasteiger partial charge is 0.407 e. The van der Waals surface area contributed by atoms with Crippen molar-refractivity contribution in [3.63, 3.8) is 0 Å². The van der Waals surface area contributed by atoms with Crippen molar-refractivity contribution in [2.45, 2.75) is 55.3 Å². The number of nitrogens with zero attached hydrogens (tertiary/aromatic N) is 3. The number of thiazole rings is 1. The number of halogens is 1. The molecule has 1 N–H and O–H groups in total. The van der Waals surface area contributed by atoms with Crippen LogP contribution in [0.2, 0.25) is 5.02 Å². The number of carboxylic acid groups (broad SMARTS) is 1. The van der Waals surface area contributed by atoms with Gasteiger partial charge in [-0.05, 0) is 43.2 Å². The third-order valence-corrected chi connectivity index (χ3v) is 10.1. The van der Waals surface area contributed by atoms with Crippen LogP contribution in [0.25, 0.3) is 0 Å². The molecule has 2 saturated heterocycles. The summed E-state index contributed by atoms with van der Waals surface area (Å²) in [6, 6.07) is 9.41. The summed E-state index contributed by atoms with van der Waals surface area (Å²) in [6.45, 7) is -0.0240. The minimum Gasteiger partial charge on any atom is -0.497 e. The van der Waals surface area contributed by atoms with Gasteiger partial charge >= 0.3 is 6.09 Å². The van der Waals surface area contributed by atoms with Gasteiger partial charge in [-0.3, -0.25) is 0 Å². The Hall–Kier alpha value is -3.22. The quantitative estimate of drug-likeness (QED) is 0.357. The number of carbonyl (C=O) groups is 1. The van der Waals surface area contributed by atoms with Gasteiger partial charge in [0.1, 0.15) is 23.4 Å². The van der Waals surface area contributed by atoms with Gasteiger partial charge in [0.25, 0.3) is 10.0 Å². The largest absolute Gasteiger partial charge is 0.497 e. The van der Waals surface area contributed by atoms with Gasteiger partial charge in [0.05, 0.1) is 30.7 Å².